The van der Waals surface area contributed by atoms with Crippen molar-refractivity contribution in [3.8, 4) is 5.75 Å². The van der Waals surface area contributed by atoms with E-state index < -0.39 is 6.04 Å². The van der Waals surface area contributed by atoms with Crippen LogP contribution >= 0.6 is 0 Å². The first-order valence-electron chi connectivity index (χ1n) is 10.3. The van der Waals surface area contributed by atoms with Crippen molar-refractivity contribution in [2.45, 2.75) is 25.9 Å². The minimum Gasteiger partial charge on any atom is -0.495 e. The summed E-state index contributed by atoms with van der Waals surface area (Å²) >= 11 is 0. The number of aryl methyl sites for hydroxylation is 1. The number of fused-ring (bicyclic) bond motifs is 1. The highest BCUT2D eigenvalue weighted by atomic mass is 16.5. The molecule has 2 N–H and O–H groups in total. The minimum absolute atomic E-state index is 0.168. The Labute approximate surface area is 182 Å². The van der Waals surface area contributed by atoms with Gasteiger partial charge >= 0.3 is 0 Å². The van der Waals surface area contributed by atoms with E-state index in [4.69, 9.17) is 9.15 Å². The van der Waals surface area contributed by atoms with E-state index in [9.17, 15) is 4.79 Å². The summed E-state index contributed by atoms with van der Waals surface area (Å²) in [5.74, 6) is 1.23. The SMILES string of the molecule is COc1ccc(C)cc1NC(=O)[C@H](N[C@@H](C)c1cc2ccccc2o1)c1ccccc1. The van der Waals surface area contributed by atoms with Crippen molar-refractivity contribution in [3.63, 3.8) is 0 Å². The quantitative estimate of drug-likeness (QED) is 0.402. The second-order valence-electron chi connectivity index (χ2n) is 7.61. The lowest BCUT2D eigenvalue weighted by atomic mass is 10.0. The average molecular weight is 415 g/mol. The smallest absolute Gasteiger partial charge is 0.246 e. The lowest BCUT2D eigenvalue weighted by Gasteiger charge is -2.23. The van der Waals surface area contributed by atoms with Gasteiger partial charge in [0, 0.05) is 5.39 Å². The van der Waals surface area contributed by atoms with Crippen molar-refractivity contribution in [2.75, 3.05) is 12.4 Å². The number of anilines is 1. The summed E-state index contributed by atoms with van der Waals surface area (Å²) in [4.78, 5) is 13.4. The van der Waals surface area contributed by atoms with Gasteiger partial charge < -0.3 is 14.5 Å². The van der Waals surface area contributed by atoms with Crippen molar-refractivity contribution in [1.82, 2.24) is 5.32 Å². The highest BCUT2D eigenvalue weighted by Crippen LogP contribution is 2.29. The molecule has 31 heavy (non-hydrogen) atoms. The second-order valence-corrected chi connectivity index (χ2v) is 7.61. The number of hydrogen-bond acceptors (Lipinski definition) is 4. The van der Waals surface area contributed by atoms with Crippen LogP contribution in [0, 0.1) is 6.92 Å². The van der Waals surface area contributed by atoms with Crippen molar-refractivity contribution in [1.29, 1.82) is 0 Å². The topological polar surface area (TPSA) is 63.5 Å². The number of benzene rings is 3. The van der Waals surface area contributed by atoms with Crippen LogP contribution in [0.25, 0.3) is 11.0 Å². The molecule has 0 unspecified atom stereocenters. The van der Waals surface area contributed by atoms with Gasteiger partial charge in [-0.3, -0.25) is 10.1 Å². The summed E-state index contributed by atoms with van der Waals surface area (Å²) < 4.78 is 11.4. The molecule has 1 amide bonds. The fraction of sp³-hybridized carbons (Fsp3) is 0.192. The van der Waals surface area contributed by atoms with E-state index in [1.54, 1.807) is 7.11 Å². The number of rotatable bonds is 7. The van der Waals surface area contributed by atoms with Crippen molar-refractivity contribution in [3.05, 3.63) is 95.7 Å². The van der Waals surface area contributed by atoms with Crippen LogP contribution in [0.3, 0.4) is 0 Å². The van der Waals surface area contributed by atoms with E-state index in [1.807, 2.05) is 92.7 Å². The maximum atomic E-state index is 13.4. The second kappa shape index (κ2) is 9.06. The lowest BCUT2D eigenvalue weighted by Crippen LogP contribution is -2.34. The number of nitrogens with one attached hydrogen (secondary N) is 2. The van der Waals surface area contributed by atoms with Gasteiger partial charge in [0.05, 0.1) is 18.8 Å². The Balaban J connectivity index is 1.61. The Bertz CT molecular complexity index is 1150. The molecule has 158 valence electrons. The molecule has 0 aliphatic heterocycles. The first-order chi connectivity index (χ1) is 15.0. The molecule has 0 aliphatic carbocycles. The van der Waals surface area contributed by atoms with E-state index in [2.05, 4.69) is 10.6 Å². The fourth-order valence-corrected chi connectivity index (χ4v) is 3.64. The van der Waals surface area contributed by atoms with Gasteiger partial charge in [-0.25, -0.2) is 0 Å². The summed E-state index contributed by atoms with van der Waals surface area (Å²) in [7, 11) is 1.59. The van der Waals surface area contributed by atoms with Gasteiger partial charge in [0.1, 0.15) is 23.1 Å². The van der Waals surface area contributed by atoms with Crippen LogP contribution in [0.4, 0.5) is 5.69 Å². The van der Waals surface area contributed by atoms with Crippen LogP contribution < -0.4 is 15.4 Å². The number of carbonyl (C=O) groups excluding carboxylic acids is 1. The zero-order valence-corrected chi connectivity index (χ0v) is 17.9. The minimum atomic E-state index is -0.574. The predicted octanol–water partition coefficient (Wildman–Crippen LogP) is 5.78. The van der Waals surface area contributed by atoms with Crippen molar-refractivity contribution >= 4 is 22.6 Å². The molecular formula is C26H26N2O3. The highest BCUT2D eigenvalue weighted by molar-refractivity contribution is 5.97. The van der Waals surface area contributed by atoms with Crippen LogP contribution in [0.2, 0.25) is 0 Å². The maximum Gasteiger partial charge on any atom is 0.246 e. The summed E-state index contributed by atoms with van der Waals surface area (Å²) in [6.45, 7) is 3.97. The van der Waals surface area contributed by atoms with E-state index >= 15 is 0 Å². The van der Waals surface area contributed by atoms with Crippen LogP contribution in [0.15, 0.2) is 83.3 Å². The third-order valence-electron chi connectivity index (χ3n) is 5.30. The van der Waals surface area contributed by atoms with Crippen molar-refractivity contribution < 1.29 is 13.9 Å². The standard InChI is InChI=1S/C26H26N2O3/c1-17-13-14-23(30-3)21(15-17)28-26(29)25(19-9-5-4-6-10-19)27-18(2)24-16-20-11-7-8-12-22(20)31-24/h4-16,18,25,27H,1-3H3,(H,28,29)/t18-,25+/m0/s1. The zero-order valence-electron chi connectivity index (χ0n) is 17.9. The van der Waals surface area contributed by atoms with E-state index in [1.165, 1.54) is 0 Å². The summed E-state index contributed by atoms with van der Waals surface area (Å²) in [6, 6.07) is 24.5. The number of methoxy groups -OCH3 is 1. The largest absolute Gasteiger partial charge is 0.495 e. The molecule has 0 saturated carbocycles. The Morgan fingerprint density at radius 2 is 1.71 bits per heavy atom. The van der Waals surface area contributed by atoms with Crippen LogP contribution in [0.1, 0.15) is 35.9 Å². The Morgan fingerprint density at radius 3 is 2.45 bits per heavy atom. The zero-order chi connectivity index (χ0) is 21.8. The monoisotopic (exact) mass is 414 g/mol. The summed E-state index contributed by atoms with van der Waals surface area (Å²) in [5.41, 5.74) is 3.38. The van der Waals surface area contributed by atoms with Crippen LogP contribution in [0.5, 0.6) is 5.75 Å². The Kier molecular flexibility index (Phi) is 6.05. The molecule has 0 fully saturated rings. The molecule has 0 saturated heterocycles. The van der Waals surface area contributed by atoms with E-state index in [-0.39, 0.29) is 11.9 Å². The fourth-order valence-electron chi connectivity index (χ4n) is 3.64. The highest BCUT2D eigenvalue weighted by Gasteiger charge is 2.25. The van der Waals surface area contributed by atoms with E-state index in [0.717, 1.165) is 27.9 Å². The molecule has 0 bridgehead atoms. The predicted molar refractivity (Wildman–Crippen MR) is 123 cm³/mol. The van der Waals surface area contributed by atoms with Gasteiger partial charge in [0.15, 0.2) is 0 Å². The number of para-hydroxylation sites is 1. The lowest BCUT2D eigenvalue weighted by molar-refractivity contribution is -0.118. The summed E-state index contributed by atoms with van der Waals surface area (Å²) in [6.07, 6.45) is 0. The third kappa shape index (κ3) is 4.62. The number of hydrogen-bond donors (Lipinski definition) is 2. The number of carbonyl (C=O) groups is 1. The van der Waals surface area contributed by atoms with Gasteiger partial charge in [-0.2, -0.15) is 0 Å². The van der Waals surface area contributed by atoms with Gasteiger partial charge in [-0.1, -0.05) is 54.6 Å². The molecule has 2 atom stereocenters. The molecular weight excluding hydrogens is 388 g/mol. The maximum absolute atomic E-state index is 13.4. The van der Waals surface area contributed by atoms with Crippen molar-refractivity contribution in [2.24, 2.45) is 0 Å². The number of furan rings is 1. The molecule has 4 aromatic rings. The molecule has 1 aromatic heterocycles. The average Bonchev–Trinajstić information content (AvgIpc) is 3.22. The Morgan fingerprint density at radius 1 is 0.968 bits per heavy atom. The van der Waals surface area contributed by atoms with Gasteiger partial charge in [0.25, 0.3) is 0 Å². The van der Waals surface area contributed by atoms with Crippen LogP contribution in [-0.2, 0) is 4.79 Å². The van der Waals surface area contributed by atoms with Gasteiger partial charge in [-0.05, 0) is 49.2 Å². The van der Waals surface area contributed by atoms with Gasteiger partial charge in [0.2, 0.25) is 5.91 Å². The normalized spacial score (nSPS) is 13.0. The first kappa shape index (κ1) is 20.7. The first-order valence-corrected chi connectivity index (χ1v) is 10.3. The van der Waals surface area contributed by atoms with E-state index in [0.29, 0.717) is 11.4 Å². The molecule has 3 aromatic carbocycles. The molecule has 0 radical (unpaired) electrons. The number of ether oxygens (including phenoxy) is 1. The molecule has 0 aliphatic rings. The van der Waals surface area contributed by atoms with Gasteiger partial charge in [-0.15, -0.1) is 0 Å². The third-order valence-corrected chi connectivity index (χ3v) is 5.30. The van der Waals surface area contributed by atoms with Crippen LogP contribution in [-0.4, -0.2) is 13.0 Å². The number of amides is 1. The molecule has 0 spiro atoms. The summed E-state index contributed by atoms with van der Waals surface area (Å²) in [5, 5.41) is 7.50. The Hall–Kier alpha value is -3.57. The molecule has 5 heteroatoms. The molecule has 4 rings (SSSR count). The molecule has 1 heterocycles. The molecule has 5 nitrogen and oxygen atoms in total.